The summed E-state index contributed by atoms with van der Waals surface area (Å²) in [7, 11) is -1.91. The van der Waals surface area contributed by atoms with Gasteiger partial charge in [-0.15, -0.1) is 0 Å². The number of aryl methyl sites for hydroxylation is 2. The van der Waals surface area contributed by atoms with Crippen molar-refractivity contribution >= 4 is 21.6 Å². The highest BCUT2D eigenvalue weighted by molar-refractivity contribution is 7.89. The summed E-state index contributed by atoms with van der Waals surface area (Å²) in [6, 6.07) is 12.3. The van der Waals surface area contributed by atoms with Gasteiger partial charge in [0.15, 0.2) is 0 Å². The maximum absolute atomic E-state index is 13.2. The Hall–Kier alpha value is -2.18. The Morgan fingerprint density at radius 2 is 1.69 bits per heavy atom. The number of amides is 1. The molecule has 1 aliphatic rings. The standard InChI is InChI=1S/C23H30N2O3S/c1-16-9-10-19(4)22(12-16)24(5)23(26)20-7-6-8-21(13-20)29(27,28)25-14-17(2)11-18(3)15-25/h6-10,12-13,17-18H,11,14-15H2,1-5H3. The molecule has 0 N–H and O–H groups in total. The summed E-state index contributed by atoms with van der Waals surface area (Å²) in [5, 5.41) is 0. The van der Waals surface area contributed by atoms with E-state index in [1.54, 1.807) is 34.5 Å². The summed E-state index contributed by atoms with van der Waals surface area (Å²) in [4.78, 5) is 14.8. The smallest absolute Gasteiger partial charge is 0.258 e. The van der Waals surface area contributed by atoms with Crippen LogP contribution in [0.4, 0.5) is 5.69 Å². The average Bonchev–Trinajstić information content (AvgIpc) is 2.68. The molecule has 2 atom stereocenters. The van der Waals surface area contributed by atoms with Crippen molar-refractivity contribution in [3.8, 4) is 0 Å². The molecule has 1 saturated heterocycles. The lowest BCUT2D eigenvalue weighted by molar-refractivity contribution is 0.0992. The molecule has 0 spiro atoms. The molecule has 1 heterocycles. The zero-order valence-electron chi connectivity index (χ0n) is 17.8. The van der Waals surface area contributed by atoms with Crippen LogP contribution in [0.5, 0.6) is 0 Å². The summed E-state index contributed by atoms with van der Waals surface area (Å²) in [5.41, 5.74) is 3.25. The molecule has 3 rings (SSSR count). The largest absolute Gasteiger partial charge is 0.311 e. The van der Waals surface area contributed by atoms with Gasteiger partial charge in [0.05, 0.1) is 4.90 Å². The van der Waals surface area contributed by atoms with Crippen molar-refractivity contribution in [1.29, 1.82) is 0 Å². The van der Waals surface area contributed by atoms with E-state index in [9.17, 15) is 13.2 Å². The van der Waals surface area contributed by atoms with E-state index in [0.29, 0.717) is 30.5 Å². The van der Waals surface area contributed by atoms with Gasteiger partial charge < -0.3 is 4.90 Å². The van der Waals surface area contributed by atoms with Crippen LogP contribution in [0.15, 0.2) is 47.4 Å². The van der Waals surface area contributed by atoms with Crippen LogP contribution < -0.4 is 4.90 Å². The number of carbonyl (C=O) groups is 1. The second-order valence-electron chi connectivity index (χ2n) is 8.45. The number of sulfonamides is 1. The van der Waals surface area contributed by atoms with Crippen molar-refractivity contribution in [2.75, 3.05) is 25.0 Å². The molecule has 0 aromatic heterocycles. The number of hydrogen-bond donors (Lipinski definition) is 0. The second kappa shape index (κ2) is 8.28. The van der Waals surface area contributed by atoms with Crippen molar-refractivity contribution in [3.63, 3.8) is 0 Å². The first kappa shape index (κ1) is 21.5. The van der Waals surface area contributed by atoms with E-state index in [1.807, 2.05) is 32.0 Å². The Kier molecular flexibility index (Phi) is 6.15. The third-order valence-electron chi connectivity index (χ3n) is 5.58. The molecular weight excluding hydrogens is 384 g/mol. The predicted molar refractivity (Wildman–Crippen MR) is 117 cm³/mol. The molecule has 1 aliphatic heterocycles. The van der Waals surface area contributed by atoms with E-state index in [-0.39, 0.29) is 10.8 Å². The zero-order chi connectivity index (χ0) is 21.3. The predicted octanol–water partition coefficient (Wildman–Crippen LogP) is 4.25. The van der Waals surface area contributed by atoms with Crippen molar-refractivity contribution in [3.05, 3.63) is 59.2 Å². The molecule has 6 heteroatoms. The normalized spacial score (nSPS) is 20.4. The molecule has 0 radical (unpaired) electrons. The minimum absolute atomic E-state index is 0.180. The van der Waals surface area contributed by atoms with Crippen molar-refractivity contribution < 1.29 is 13.2 Å². The maximum atomic E-state index is 13.2. The number of carbonyl (C=O) groups excluding carboxylic acids is 1. The van der Waals surface area contributed by atoms with Crippen LogP contribution in [-0.2, 0) is 10.0 Å². The Bertz CT molecular complexity index is 1010. The Balaban J connectivity index is 1.90. The lowest BCUT2D eigenvalue weighted by atomic mass is 9.94. The number of hydrogen-bond acceptors (Lipinski definition) is 3. The van der Waals surface area contributed by atoms with E-state index >= 15 is 0 Å². The summed E-state index contributed by atoms with van der Waals surface area (Å²) < 4.78 is 27.9. The molecule has 0 bridgehead atoms. The summed E-state index contributed by atoms with van der Waals surface area (Å²) in [6.07, 6.45) is 1.03. The van der Waals surface area contributed by atoms with E-state index in [2.05, 4.69) is 13.8 Å². The van der Waals surface area contributed by atoms with Crippen LogP contribution in [0.25, 0.3) is 0 Å². The van der Waals surface area contributed by atoms with Gasteiger partial charge in [0.25, 0.3) is 5.91 Å². The quantitative estimate of drug-likeness (QED) is 0.752. The maximum Gasteiger partial charge on any atom is 0.258 e. The minimum Gasteiger partial charge on any atom is -0.311 e. The Labute approximate surface area is 174 Å². The topological polar surface area (TPSA) is 57.7 Å². The number of benzene rings is 2. The van der Waals surface area contributed by atoms with Gasteiger partial charge in [-0.3, -0.25) is 4.79 Å². The molecule has 1 fully saturated rings. The zero-order valence-corrected chi connectivity index (χ0v) is 18.7. The molecule has 0 aliphatic carbocycles. The number of rotatable bonds is 4. The molecule has 156 valence electrons. The molecule has 1 amide bonds. The van der Waals surface area contributed by atoms with Crippen LogP contribution in [0, 0.1) is 25.7 Å². The highest BCUT2D eigenvalue weighted by atomic mass is 32.2. The fourth-order valence-electron chi connectivity index (χ4n) is 4.12. The Morgan fingerprint density at radius 3 is 2.34 bits per heavy atom. The average molecular weight is 415 g/mol. The first-order valence-electron chi connectivity index (χ1n) is 10.0. The molecule has 5 nitrogen and oxygen atoms in total. The van der Waals surface area contributed by atoms with Crippen LogP contribution in [0.2, 0.25) is 0 Å². The second-order valence-corrected chi connectivity index (χ2v) is 10.4. The van der Waals surface area contributed by atoms with Gasteiger partial charge >= 0.3 is 0 Å². The van der Waals surface area contributed by atoms with Crippen LogP contribution >= 0.6 is 0 Å². The van der Waals surface area contributed by atoms with E-state index in [4.69, 9.17) is 0 Å². The van der Waals surface area contributed by atoms with E-state index in [1.165, 1.54) is 6.07 Å². The third-order valence-corrected chi connectivity index (χ3v) is 7.41. The van der Waals surface area contributed by atoms with Crippen molar-refractivity contribution in [2.24, 2.45) is 11.8 Å². The number of piperidine rings is 1. The van der Waals surface area contributed by atoms with Crippen molar-refractivity contribution in [2.45, 2.75) is 39.0 Å². The van der Waals surface area contributed by atoms with Gasteiger partial charge in [0, 0.05) is 31.4 Å². The number of anilines is 1. The highest BCUT2D eigenvalue weighted by Crippen LogP contribution is 2.28. The van der Waals surface area contributed by atoms with Crippen molar-refractivity contribution in [1.82, 2.24) is 4.31 Å². The molecular formula is C23H30N2O3S. The van der Waals surface area contributed by atoms with Gasteiger partial charge in [-0.1, -0.05) is 32.0 Å². The van der Waals surface area contributed by atoms with Crippen LogP contribution in [0.1, 0.15) is 41.8 Å². The van der Waals surface area contributed by atoms with Crippen LogP contribution in [0.3, 0.4) is 0 Å². The third kappa shape index (κ3) is 4.54. The molecule has 2 aromatic carbocycles. The van der Waals surface area contributed by atoms with E-state index in [0.717, 1.165) is 23.2 Å². The lowest BCUT2D eigenvalue weighted by Gasteiger charge is -2.34. The monoisotopic (exact) mass is 414 g/mol. The van der Waals surface area contributed by atoms with Crippen LogP contribution in [-0.4, -0.2) is 38.8 Å². The molecule has 2 aromatic rings. The number of nitrogens with zero attached hydrogens (tertiary/aromatic N) is 2. The molecule has 2 unspecified atom stereocenters. The first-order chi connectivity index (χ1) is 13.6. The fraction of sp³-hybridized carbons (Fsp3) is 0.435. The first-order valence-corrected chi connectivity index (χ1v) is 11.5. The van der Waals surface area contributed by atoms with Gasteiger partial charge in [0.1, 0.15) is 0 Å². The fourth-order valence-corrected chi connectivity index (χ4v) is 5.85. The summed E-state index contributed by atoms with van der Waals surface area (Å²) in [6.45, 7) is 9.14. The Morgan fingerprint density at radius 1 is 1.03 bits per heavy atom. The molecule has 29 heavy (non-hydrogen) atoms. The SMILES string of the molecule is Cc1ccc(C)c(N(C)C(=O)c2cccc(S(=O)(=O)N3CC(C)CC(C)C3)c2)c1. The molecule has 0 saturated carbocycles. The minimum atomic E-state index is -3.63. The summed E-state index contributed by atoms with van der Waals surface area (Å²) >= 11 is 0. The van der Waals surface area contributed by atoms with Gasteiger partial charge in [-0.05, 0) is 67.5 Å². The lowest BCUT2D eigenvalue weighted by Crippen LogP contribution is -2.42. The van der Waals surface area contributed by atoms with Gasteiger partial charge in [-0.2, -0.15) is 4.31 Å². The highest BCUT2D eigenvalue weighted by Gasteiger charge is 2.32. The van der Waals surface area contributed by atoms with Gasteiger partial charge in [0.2, 0.25) is 10.0 Å². The summed E-state index contributed by atoms with van der Waals surface area (Å²) in [5.74, 6) is 0.429. The van der Waals surface area contributed by atoms with Gasteiger partial charge in [-0.25, -0.2) is 8.42 Å². The van der Waals surface area contributed by atoms with E-state index < -0.39 is 10.0 Å².